The van der Waals surface area contributed by atoms with Crippen LogP contribution in [0.2, 0.25) is 0 Å². The number of fused-ring (bicyclic) bond motifs is 1. The summed E-state index contributed by atoms with van der Waals surface area (Å²) in [6.45, 7) is 5.15. The summed E-state index contributed by atoms with van der Waals surface area (Å²) in [6, 6.07) is 7.48. The predicted octanol–water partition coefficient (Wildman–Crippen LogP) is 3.90. The van der Waals surface area contributed by atoms with Gasteiger partial charge in [0.2, 0.25) is 0 Å². The summed E-state index contributed by atoms with van der Waals surface area (Å²) in [6.07, 6.45) is 4.79. The van der Waals surface area contributed by atoms with Gasteiger partial charge < -0.3 is 9.30 Å². The zero-order valence-corrected chi connectivity index (χ0v) is 12.6. The van der Waals surface area contributed by atoms with Crippen molar-refractivity contribution >= 4 is 10.9 Å². The molecule has 3 heteroatoms. The number of benzene rings is 1. The number of methoxy groups -OCH3 is 1. The fourth-order valence-corrected chi connectivity index (χ4v) is 2.68. The third kappa shape index (κ3) is 2.87. The summed E-state index contributed by atoms with van der Waals surface area (Å²) in [4.78, 5) is 12.1. The minimum atomic E-state index is 0.0327. The van der Waals surface area contributed by atoms with E-state index < -0.39 is 0 Å². The Morgan fingerprint density at radius 1 is 1.20 bits per heavy atom. The van der Waals surface area contributed by atoms with Gasteiger partial charge in [0.1, 0.15) is 0 Å². The molecule has 1 aromatic heterocycles. The number of rotatable bonds is 6. The normalized spacial score (nSPS) is 10.9. The second kappa shape index (κ2) is 6.60. The molecule has 1 aromatic carbocycles. The number of aryl methyl sites for hydroxylation is 2. The molecule has 20 heavy (non-hydrogen) atoms. The van der Waals surface area contributed by atoms with Gasteiger partial charge in [-0.2, -0.15) is 0 Å². The highest BCUT2D eigenvalue weighted by Crippen LogP contribution is 2.22. The maximum Gasteiger partial charge on any atom is 0.197 e. The Morgan fingerprint density at radius 2 is 2.00 bits per heavy atom. The second-order valence-corrected chi connectivity index (χ2v) is 5.23. The molecule has 2 rings (SSSR count). The maximum absolute atomic E-state index is 12.1. The van der Waals surface area contributed by atoms with Crippen molar-refractivity contribution in [3.8, 4) is 5.88 Å². The van der Waals surface area contributed by atoms with E-state index in [1.807, 2.05) is 25.1 Å². The molecule has 0 spiro atoms. The van der Waals surface area contributed by atoms with Crippen molar-refractivity contribution in [3.05, 3.63) is 40.1 Å². The fraction of sp³-hybridized carbons (Fsp3) is 0.471. The van der Waals surface area contributed by atoms with Gasteiger partial charge in [0.15, 0.2) is 11.3 Å². The van der Waals surface area contributed by atoms with Crippen molar-refractivity contribution < 1.29 is 4.74 Å². The lowest BCUT2D eigenvalue weighted by Crippen LogP contribution is -2.13. The van der Waals surface area contributed by atoms with Crippen molar-refractivity contribution in [2.45, 2.75) is 46.1 Å². The van der Waals surface area contributed by atoms with Crippen LogP contribution < -0.4 is 10.2 Å². The smallest absolute Gasteiger partial charge is 0.197 e. The highest BCUT2D eigenvalue weighted by atomic mass is 16.5. The van der Waals surface area contributed by atoms with E-state index in [1.165, 1.54) is 19.3 Å². The highest BCUT2D eigenvalue weighted by molar-refractivity contribution is 5.82. The molecular formula is C17H23NO2. The topological polar surface area (TPSA) is 31.2 Å². The van der Waals surface area contributed by atoms with Gasteiger partial charge in [0.05, 0.1) is 12.6 Å². The van der Waals surface area contributed by atoms with Gasteiger partial charge in [-0.15, -0.1) is 0 Å². The van der Waals surface area contributed by atoms with Crippen LogP contribution in [0.25, 0.3) is 10.9 Å². The molecule has 0 aliphatic heterocycles. The first-order chi connectivity index (χ1) is 9.69. The Hall–Kier alpha value is -1.77. The first-order valence-electron chi connectivity index (χ1n) is 7.36. The number of ether oxygens (including phenoxy) is 1. The third-order valence-corrected chi connectivity index (χ3v) is 3.74. The molecule has 0 fully saturated rings. The van der Waals surface area contributed by atoms with Gasteiger partial charge in [-0.1, -0.05) is 38.3 Å². The van der Waals surface area contributed by atoms with Gasteiger partial charge in [-0.25, -0.2) is 0 Å². The van der Waals surface area contributed by atoms with E-state index in [-0.39, 0.29) is 5.43 Å². The first-order valence-corrected chi connectivity index (χ1v) is 7.36. The Kier molecular flexibility index (Phi) is 4.83. The molecular weight excluding hydrogens is 250 g/mol. The SMILES string of the molecule is CCCCCCn1c(OC)cc(=O)c2cccc(C)c21. The number of hydrogen-bond acceptors (Lipinski definition) is 2. The van der Waals surface area contributed by atoms with Crippen LogP contribution in [-0.2, 0) is 6.54 Å². The fourth-order valence-electron chi connectivity index (χ4n) is 2.68. The molecule has 0 radical (unpaired) electrons. The lowest BCUT2D eigenvalue weighted by molar-refractivity contribution is 0.368. The summed E-state index contributed by atoms with van der Waals surface area (Å²) in [7, 11) is 1.63. The summed E-state index contributed by atoms with van der Waals surface area (Å²) in [5, 5.41) is 0.779. The summed E-state index contributed by atoms with van der Waals surface area (Å²) in [5.74, 6) is 0.660. The molecule has 3 nitrogen and oxygen atoms in total. The Labute approximate surface area is 120 Å². The van der Waals surface area contributed by atoms with E-state index in [0.29, 0.717) is 5.88 Å². The summed E-state index contributed by atoms with van der Waals surface area (Å²) >= 11 is 0. The van der Waals surface area contributed by atoms with Gasteiger partial charge in [-0.05, 0) is 25.0 Å². The lowest BCUT2D eigenvalue weighted by Gasteiger charge is -2.17. The van der Waals surface area contributed by atoms with Crippen molar-refractivity contribution in [2.75, 3.05) is 7.11 Å². The largest absolute Gasteiger partial charge is 0.482 e. The highest BCUT2D eigenvalue weighted by Gasteiger charge is 2.10. The number of pyridine rings is 1. The van der Waals surface area contributed by atoms with Crippen LogP contribution in [0.5, 0.6) is 5.88 Å². The molecule has 2 aromatic rings. The van der Waals surface area contributed by atoms with E-state index in [1.54, 1.807) is 13.2 Å². The predicted molar refractivity (Wildman–Crippen MR) is 83.6 cm³/mol. The molecule has 0 N–H and O–H groups in total. The van der Waals surface area contributed by atoms with Crippen LogP contribution in [-0.4, -0.2) is 11.7 Å². The van der Waals surface area contributed by atoms with Crippen molar-refractivity contribution in [1.82, 2.24) is 4.57 Å². The minimum absolute atomic E-state index is 0.0327. The minimum Gasteiger partial charge on any atom is -0.482 e. The van der Waals surface area contributed by atoms with Crippen LogP contribution in [0.15, 0.2) is 29.1 Å². The van der Waals surface area contributed by atoms with Crippen LogP contribution in [0.1, 0.15) is 38.2 Å². The molecule has 0 unspecified atom stereocenters. The van der Waals surface area contributed by atoms with Crippen LogP contribution in [0, 0.1) is 6.92 Å². The van der Waals surface area contributed by atoms with Gasteiger partial charge in [0.25, 0.3) is 0 Å². The summed E-state index contributed by atoms with van der Waals surface area (Å²) in [5.41, 5.74) is 2.16. The van der Waals surface area contributed by atoms with Crippen LogP contribution >= 0.6 is 0 Å². The molecule has 0 aliphatic rings. The van der Waals surface area contributed by atoms with E-state index >= 15 is 0 Å². The monoisotopic (exact) mass is 273 g/mol. The van der Waals surface area contributed by atoms with Crippen molar-refractivity contribution in [3.63, 3.8) is 0 Å². The molecule has 1 heterocycles. The van der Waals surface area contributed by atoms with E-state index in [9.17, 15) is 4.79 Å². The Balaban J connectivity index is 2.49. The van der Waals surface area contributed by atoms with Crippen molar-refractivity contribution in [2.24, 2.45) is 0 Å². The zero-order chi connectivity index (χ0) is 14.5. The van der Waals surface area contributed by atoms with Crippen LogP contribution in [0.4, 0.5) is 0 Å². The molecule has 108 valence electrons. The number of nitrogens with zero attached hydrogens (tertiary/aromatic N) is 1. The molecule has 0 saturated carbocycles. The number of hydrogen-bond donors (Lipinski definition) is 0. The average Bonchev–Trinajstić information content (AvgIpc) is 2.45. The molecule has 0 saturated heterocycles. The van der Waals surface area contributed by atoms with E-state index in [0.717, 1.165) is 29.4 Å². The Bertz CT molecular complexity index is 643. The summed E-state index contributed by atoms with van der Waals surface area (Å²) < 4.78 is 7.55. The third-order valence-electron chi connectivity index (χ3n) is 3.74. The lowest BCUT2D eigenvalue weighted by atomic mass is 10.1. The van der Waals surface area contributed by atoms with Gasteiger partial charge in [0, 0.05) is 18.0 Å². The quantitative estimate of drug-likeness (QED) is 0.747. The number of para-hydroxylation sites is 1. The van der Waals surface area contributed by atoms with Crippen molar-refractivity contribution in [1.29, 1.82) is 0 Å². The number of aromatic nitrogens is 1. The Morgan fingerprint density at radius 3 is 2.70 bits per heavy atom. The average molecular weight is 273 g/mol. The van der Waals surface area contributed by atoms with E-state index in [2.05, 4.69) is 11.5 Å². The van der Waals surface area contributed by atoms with E-state index in [4.69, 9.17) is 4.74 Å². The molecule has 0 bridgehead atoms. The molecule has 0 atom stereocenters. The van der Waals surface area contributed by atoms with Gasteiger partial charge >= 0.3 is 0 Å². The molecule has 0 amide bonds. The van der Waals surface area contributed by atoms with Crippen LogP contribution in [0.3, 0.4) is 0 Å². The maximum atomic E-state index is 12.1. The van der Waals surface area contributed by atoms with Gasteiger partial charge in [-0.3, -0.25) is 4.79 Å². The zero-order valence-electron chi connectivity index (χ0n) is 12.6. The number of unbranched alkanes of at least 4 members (excludes halogenated alkanes) is 3. The first kappa shape index (κ1) is 14.6. The standard InChI is InChI=1S/C17H23NO2/c1-4-5-6-7-11-18-16(20-3)12-15(19)14-10-8-9-13(2)17(14)18/h8-10,12H,4-7,11H2,1-3H3. The second-order valence-electron chi connectivity index (χ2n) is 5.23. The molecule has 0 aliphatic carbocycles.